The molecule has 0 amide bonds. The van der Waals surface area contributed by atoms with Crippen LogP contribution in [0.25, 0.3) is 10.9 Å². The summed E-state index contributed by atoms with van der Waals surface area (Å²) in [4.78, 5) is 27.3. The van der Waals surface area contributed by atoms with Crippen LogP contribution in [0.5, 0.6) is 11.5 Å². The van der Waals surface area contributed by atoms with Gasteiger partial charge in [-0.2, -0.15) is 0 Å². The maximum absolute atomic E-state index is 12.5. The minimum absolute atomic E-state index is 0.0445. The third-order valence-electron chi connectivity index (χ3n) is 3.87. The Hall–Kier alpha value is -2.21. The van der Waals surface area contributed by atoms with E-state index in [1.54, 1.807) is 19.1 Å². The first-order valence-corrected chi connectivity index (χ1v) is 8.08. The van der Waals surface area contributed by atoms with E-state index in [9.17, 15) is 14.7 Å². The van der Waals surface area contributed by atoms with Gasteiger partial charge in [0.1, 0.15) is 0 Å². The van der Waals surface area contributed by atoms with Gasteiger partial charge in [-0.3, -0.25) is 9.59 Å². The van der Waals surface area contributed by atoms with Crippen molar-refractivity contribution in [1.82, 2.24) is 4.98 Å². The number of methoxy groups -OCH3 is 1. The molecule has 0 saturated heterocycles. The van der Waals surface area contributed by atoms with E-state index in [-0.39, 0.29) is 41.3 Å². The number of hydrogen-bond acceptors (Lipinski definition) is 5. The molecule has 2 rings (SSSR count). The molecule has 2 N–H and O–H groups in total. The Morgan fingerprint density at radius 1 is 1.33 bits per heavy atom. The number of Topliss-reactive ketones (excluding diaryl/α,β-unsaturated/α-hetero) is 1. The molecule has 6 nitrogen and oxygen atoms in total. The van der Waals surface area contributed by atoms with Gasteiger partial charge in [0.25, 0.3) is 0 Å². The summed E-state index contributed by atoms with van der Waals surface area (Å²) in [7, 11) is 1.41. The third-order valence-corrected chi connectivity index (χ3v) is 4.25. The van der Waals surface area contributed by atoms with Gasteiger partial charge in [0.2, 0.25) is 0 Å². The zero-order valence-corrected chi connectivity index (χ0v) is 14.6. The van der Waals surface area contributed by atoms with E-state index in [0.717, 1.165) is 0 Å². The second-order valence-corrected chi connectivity index (χ2v) is 5.75. The van der Waals surface area contributed by atoms with Crippen molar-refractivity contribution in [3.05, 3.63) is 22.8 Å². The largest absolute Gasteiger partial charge is 0.503 e. The molecule has 2 aromatic rings. The molecular weight excluding hydrogens is 334 g/mol. The first kappa shape index (κ1) is 18.1. The topological polar surface area (TPSA) is 88.6 Å². The van der Waals surface area contributed by atoms with Gasteiger partial charge in [0.05, 0.1) is 35.9 Å². The van der Waals surface area contributed by atoms with Crippen LogP contribution in [-0.4, -0.2) is 35.6 Å². The number of hydrogen-bond donors (Lipinski definition) is 2. The van der Waals surface area contributed by atoms with Gasteiger partial charge in [-0.15, -0.1) is 0 Å². The normalized spacial score (nSPS) is 12.2. The summed E-state index contributed by atoms with van der Waals surface area (Å²) in [6.45, 7) is 3.84. The van der Waals surface area contributed by atoms with Crippen molar-refractivity contribution in [2.24, 2.45) is 5.92 Å². The van der Waals surface area contributed by atoms with Crippen LogP contribution >= 0.6 is 11.6 Å². The number of ether oxygens (including phenoxy) is 2. The van der Waals surface area contributed by atoms with Crippen molar-refractivity contribution in [1.29, 1.82) is 0 Å². The summed E-state index contributed by atoms with van der Waals surface area (Å²) in [5, 5.41) is 10.6. The van der Waals surface area contributed by atoms with Crippen molar-refractivity contribution in [2.45, 2.75) is 26.7 Å². The predicted octanol–water partition coefficient (Wildman–Crippen LogP) is 3.70. The molecule has 1 aromatic carbocycles. The Morgan fingerprint density at radius 3 is 2.62 bits per heavy atom. The molecule has 1 heterocycles. The lowest BCUT2D eigenvalue weighted by atomic mass is 9.98. The molecule has 0 saturated carbocycles. The molecular formula is C17H20ClNO5. The Balaban J connectivity index is 2.30. The lowest BCUT2D eigenvalue weighted by Gasteiger charge is -2.11. The molecule has 0 aliphatic rings. The van der Waals surface area contributed by atoms with E-state index in [2.05, 4.69) is 4.98 Å². The minimum Gasteiger partial charge on any atom is -0.503 e. The summed E-state index contributed by atoms with van der Waals surface area (Å²) in [6.07, 6.45) is 0.559. The van der Waals surface area contributed by atoms with Crippen molar-refractivity contribution < 1.29 is 24.2 Å². The molecule has 0 unspecified atom stereocenters. The highest BCUT2D eigenvalue weighted by atomic mass is 35.5. The number of aromatic hydroxyl groups is 1. The fraction of sp³-hybridized carbons (Fsp3) is 0.412. The molecule has 130 valence electrons. The van der Waals surface area contributed by atoms with Crippen LogP contribution in [0.15, 0.2) is 12.1 Å². The number of rotatable bonds is 7. The van der Waals surface area contributed by atoms with E-state index in [4.69, 9.17) is 21.1 Å². The molecule has 0 aliphatic carbocycles. The molecule has 24 heavy (non-hydrogen) atoms. The van der Waals surface area contributed by atoms with E-state index < -0.39 is 5.92 Å². The lowest BCUT2D eigenvalue weighted by Crippen LogP contribution is -2.20. The summed E-state index contributed by atoms with van der Waals surface area (Å²) in [5.41, 5.74) is 0.893. The summed E-state index contributed by atoms with van der Waals surface area (Å²) >= 11 is 6.12. The van der Waals surface area contributed by atoms with Crippen LogP contribution < -0.4 is 4.74 Å². The molecule has 7 heteroatoms. The Bertz CT molecular complexity index is 768. The SMILES string of the molecule is CCOC(=O)[C@@H](CC)CC(=O)c1cc2c(Cl)c(O)c(OC)cc2[nH]1. The highest BCUT2D eigenvalue weighted by Gasteiger charge is 2.24. The molecule has 1 atom stereocenters. The van der Waals surface area contributed by atoms with Crippen molar-refractivity contribution in [3.8, 4) is 11.5 Å². The standard InChI is InChI=1S/C17H20ClNO5/c1-4-9(17(22)24-5-2)6-13(20)12-7-10-11(19-12)8-14(23-3)16(21)15(10)18/h7-9,19,21H,4-6H2,1-3H3/t9-/m0/s1. The van der Waals surface area contributed by atoms with Gasteiger partial charge >= 0.3 is 5.97 Å². The monoisotopic (exact) mass is 353 g/mol. The van der Waals surface area contributed by atoms with Crippen molar-refractivity contribution in [2.75, 3.05) is 13.7 Å². The third kappa shape index (κ3) is 3.48. The lowest BCUT2D eigenvalue weighted by molar-refractivity contribution is -0.148. The average Bonchev–Trinajstić information content (AvgIpc) is 3.00. The number of aromatic amines is 1. The maximum atomic E-state index is 12.5. The fourth-order valence-electron chi connectivity index (χ4n) is 2.50. The number of benzene rings is 1. The van der Waals surface area contributed by atoms with E-state index in [1.807, 2.05) is 6.92 Å². The number of carbonyl (C=O) groups is 2. The molecule has 0 spiro atoms. The van der Waals surface area contributed by atoms with Gasteiger partial charge in [-0.05, 0) is 19.4 Å². The quantitative estimate of drug-likeness (QED) is 0.585. The van der Waals surface area contributed by atoms with Crippen LogP contribution in [0.2, 0.25) is 5.02 Å². The van der Waals surface area contributed by atoms with Crippen LogP contribution in [0.3, 0.4) is 0 Å². The molecule has 0 aliphatic heterocycles. The van der Waals surface area contributed by atoms with Gasteiger partial charge in [-0.1, -0.05) is 18.5 Å². The maximum Gasteiger partial charge on any atom is 0.309 e. The van der Waals surface area contributed by atoms with Gasteiger partial charge in [0.15, 0.2) is 17.3 Å². The molecule has 0 fully saturated rings. The van der Waals surface area contributed by atoms with Crippen LogP contribution in [0.4, 0.5) is 0 Å². The number of nitrogens with one attached hydrogen (secondary N) is 1. The summed E-state index contributed by atoms with van der Waals surface area (Å²) < 4.78 is 10.0. The Kier molecular flexibility index (Phi) is 5.72. The number of ketones is 1. The van der Waals surface area contributed by atoms with Gasteiger partial charge < -0.3 is 19.6 Å². The number of esters is 1. The van der Waals surface area contributed by atoms with Crippen molar-refractivity contribution >= 4 is 34.3 Å². The molecule has 0 bridgehead atoms. The Labute approximate surface area is 144 Å². The van der Waals surface area contributed by atoms with Crippen molar-refractivity contribution in [3.63, 3.8) is 0 Å². The second kappa shape index (κ2) is 7.57. The number of phenols is 1. The predicted molar refractivity (Wildman–Crippen MR) is 90.9 cm³/mol. The number of fused-ring (bicyclic) bond motifs is 1. The molecule has 0 radical (unpaired) electrons. The smallest absolute Gasteiger partial charge is 0.309 e. The van der Waals surface area contributed by atoms with Crippen LogP contribution in [0, 0.1) is 5.92 Å². The number of aromatic nitrogens is 1. The van der Waals surface area contributed by atoms with Gasteiger partial charge in [0, 0.05) is 17.9 Å². The zero-order chi connectivity index (χ0) is 17.9. The van der Waals surface area contributed by atoms with E-state index >= 15 is 0 Å². The number of H-pyrrole nitrogens is 1. The van der Waals surface area contributed by atoms with Crippen LogP contribution in [0.1, 0.15) is 37.2 Å². The van der Waals surface area contributed by atoms with E-state index in [1.165, 1.54) is 7.11 Å². The first-order valence-electron chi connectivity index (χ1n) is 7.70. The average molecular weight is 354 g/mol. The number of carbonyl (C=O) groups excluding carboxylic acids is 2. The highest BCUT2D eigenvalue weighted by Crippen LogP contribution is 2.40. The first-order chi connectivity index (χ1) is 11.4. The van der Waals surface area contributed by atoms with E-state index in [0.29, 0.717) is 23.0 Å². The highest BCUT2D eigenvalue weighted by molar-refractivity contribution is 6.37. The molecule has 1 aromatic heterocycles. The number of phenolic OH excluding ortho intramolecular Hbond substituents is 1. The second-order valence-electron chi connectivity index (χ2n) is 5.37. The summed E-state index contributed by atoms with van der Waals surface area (Å²) in [5.74, 6) is -1.04. The zero-order valence-electron chi connectivity index (χ0n) is 13.8. The number of halogens is 1. The summed E-state index contributed by atoms with van der Waals surface area (Å²) in [6, 6.07) is 3.13. The Morgan fingerprint density at radius 2 is 2.04 bits per heavy atom. The van der Waals surface area contributed by atoms with Crippen LogP contribution in [-0.2, 0) is 9.53 Å². The minimum atomic E-state index is -0.484. The van der Waals surface area contributed by atoms with Gasteiger partial charge in [-0.25, -0.2) is 0 Å². The fourth-order valence-corrected chi connectivity index (χ4v) is 2.74.